The lowest BCUT2D eigenvalue weighted by molar-refractivity contribution is 0.0157. The van der Waals surface area contributed by atoms with Gasteiger partial charge in [-0.15, -0.1) is 0 Å². The highest BCUT2D eigenvalue weighted by atomic mass is 16.5. The number of methoxy groups -OCH3 is 1. The second-order valence-electron chi connectivity index (χ2n) is 8.20. The van der Waals surface area contributed by atoms with Gasteiger partial charge in [0.25, 0.3) is 11.8 Å². The van der Waals surface area contributed by atoms with E-state index in [1.165, 1.54) is 0 Å². The number of ether oxygens (including phenoxy) is 2. The molecule has 0 atom stereocenters. The molecule has 0 bridgehead atoms. The van der Waals surface area contributed by atoms with Crippen LogP contribution in [0.2, 0.25) is 0 Å². The van der Waals surface area contributed by atoms with Gasteiger partial charge in [-0.25, -0.2) is 0 Å². The quantitative estimate of drug-likeness (QED) is 0.592. The first-order valence-corrected chi connectivity index (χ1v) is 11.0. The van der Waals surface area contributed by atoms with Crippen LogP contribution in [-0.2, 0) is 11.3 Å². The van der Waals surface area contributed by atoms with Crippen LogP contribution < -0.4 is 20.1 Å². The molecule has 168 valence electrons. The zero-order valence-corrected chi connectivity index (χ0v) is 18.5. The van der Waals surface area contributed by atoms with Gasteiger partial charge in [0.2, 0.25) is 0 Å². The molecule has 0 aromatic heterocycles. The number of nitrogens with zero attached hydrogens (tertiary/aromatic N) is 1. The minimum absolute atomic E-state index is 0.130. The molecular weight excluding hydrogens is 418 g/mol. The van der Waals surface area contributed by atoms with E-state index >= 15 is 0 Å². The van der Waals surface area contributed by atoms with E-state index in [1.807, 2.05) is 54.6 Å². The van der Waals surface area contributed by atoms with Crippen molar-refractivity contribution in [2.24, 2.45) is 0 Å². The Labute approximate surface area is 192 Å². The average molecular weight is 445 g/mol. The summed E-state index contributed by atoms with van der Waals surface area (Å²) in [5.74, 6) is 0.438. The predicted octanol–water partition coefficient (Wildman–Crippen LogP) is 3.29. The molecule has 0 spiro atoms. The van der Waals surface area contributed by atoms with Crippen molar-refractivity contribution in [3.8, 4) is 16.9 Å². The fraction of sp³-hybridized carbons (Fsp3) is 0.231. The number of para-hydroxylation sites is 1. The Hall–Kier alpha value is -3.68. The zero-order chi connectivity index (χ0) is 22.8. The van der Waals surface area contributed by atoms with E-state index in [9.17, 15) is 9.59 Å². The highest BCUT2D eigenvalue weighted by Gasteiger charge is 2.42. The van der Waals surface area contributed by atoms with Gasteiger partial charge in [-0.05, 0) is 35.4 Å². The zero-order valence-electron chi connectivity index (χ0n) is 18.5. The summed E-state index contributed by atoms with van der Waals surface area (Å²) in [5.41, 5.74) is 7.99. The molecule has 33 heavy (non-hydrogen) atoms. The third-order valence-corrected chi connectivity index (χ3v) is 6.39. The molecule has 2 amide bonds. The van der Waals surface area contributed by atoms with Crippen LogP contribution in [0.25, 0.3) is 11.1 Å². The van der Waals surface area contributed by atoms with Gasteiger partial charge in [-0.1, -0.05) is 36.4 Å². The molecule has 5 rings (SSSR count). The Morgan fingerprint density at radius 3 is 2.45 bits per heavy atom. The lowest BCUT2D eigenvalue weighted by atomic mass is 9.94. The first-order chi connectivity index (χ1) is 16.1. The third-order valence-electron chi connectivity index (χ3n) is 6.39. The van der Waals surface area contributed by atoms with Gasteiger partial charge in [0.15, 0.2) is 5.69 Å². The van der Waals surface area contributed by atoms with Gasteiger partial charge >= 0.3 is 0 Å². The molecule has 2 N–H and O–H groups in total. The summed E-state index contributed by atoms with van der Waals surface area (Å²) in [5, 5.41) is 2.98. The minimum atomic E-state index is -0.182. The minimum Gasteiger partial charge on any atom is -0.496 e. The Bertz CT molecular complexity index is 1200. The number of quaternary nitrogens is 1. The Balaban J connectivity index is 1.63. The van der Waals surface area contributed by atoms with E-state index < -0.39 is 0 Å². The van der Waals surface area contributed by atoms with Gasteiger partial charge in [0.1, 0.15) is 24.4 Å². The number of rotatable bonds is 5. The number of hydrogen-bond donors (Lipinski definition) is 2. The summed E-state index contributed by atoms with van der Waals surface area (Å²) < 4.78 is 11.4. The van der Waals surface area contributed by atoms with Crippen LogP contribution in [-0.4, -0.2) is 45.2 Å². The lowest BCUT2D eigenvalue weighted by Crippen LogP contribution is -2.66. The van der Waals surface area contributed by atoms with Crippen molar-refractivity contribution in [2.45, 2.75) is 6.54 Å². The van der Waals surface area contributed by atoms with Crippen LogP contribution in [0, 0.1) is 0 Å². The topological polar surface area (TPSA) is 76.7 Å². The summed E-state index contributed by atoms with van der Waals surface area (Å²) in [7, 11) is 1.64. The fourth-order valence-electron chi connectivity index (χ4n) is 4.72. The van der Waals surface area contributed by atoms with E-state index in [1.54, 1.807) is 19.2 Å². The largest absolute Gasteiger partial charge is 0.496 e. The van der Waals surface area contributed by atoms with Crippen molar-refractivity contribution in [1.29, 1.82) is 0 Å². The van der Waals surface area contributed by atoms with Crippen molar-refractivity contribution < 1.29 is 19.1 Å². The van der Waals surface area contributed by atoms with Crippen LogP contribution in [0.4, 0.5) is 5.69 Å². The molecule has 7 heteroatoms. The highest BCUT2D eigenvalue weighted by Crippen LogP contribution is 2.40. The van der Waals surface area contributed by atoms with Gasteiger partial charge in [-0.2, -0.15) is 10.0 Å². The number of fused-ring (bicyclic) bond motifs is 1. The molecule has 2 aliphatic heterocycles. The Morgan fingerprint density at radius 2 is 1.70 bits per heavy atom. The number of nitrogens with one attached hydrogen (secondary N) is 2. The number of benzene rings is 3. The smallest absolute Gasteiger partial charge is 0.296 e. The van der Waals surface area contributed by atoms with Crippen molar-refractivity contribution >= 4 is 17.5 Å². The molecular formula is C26H26N3O4+. The van der Waals surface area contributed by atoms with E-state index in [2.05, 4.69) is 10.7 Å². The molecule has 0 aliphatic carbocycles. The maximum Gasteiger partial charge on any atom is 0.296 e. The summed E-state index contributed by atoms with van der Waals surface area (Å²) in [4.78, 5) is 26.2. The van der Waals surface area contributed by atoms with Gasteiger partial charge in [-0.3, -0.25) is 9.59 Å². The average Bonchev–Trinajstić information content (AvgIpc) is 3.26. The van der Waals surface area contributed by atoms with Crippen LogP contribution >= 0.6 is 0 Å². The predicted molar refractivity (Wildman–Crippen MR) is 126 cm³/mol. The van der Waals surface area contributed by atoms with E-state index in [0.717, 1.165) is 28.1 Å². The first kappa shape index (κ1) is 21.2. The summed E-state index contributed by atoms with van der Waals surface area (Å²) in [6.45, 7) is 2.47. The summed E-state index contributed by atoms with van der Waals surface area (Å²) >= 11 is 0. The molecule has 3 aromatic carbocycles. The van der Waals surface area contributed by atoms with Crippen LogP contribution in [0.15, 0.2) is 66.7 Å². The SMILES string of the molecule is COc1ccccc1-c1ccc([N+]2(NC(=O)c3ccccc3)CCOCC2)c2c1CNC2=O. The van der Waals surface area contributed by atoms with Gasteiger partial charge < -0.3 is 14.8 Å². The Kier molecular flexibility index (Phi) is 5.58. The molecule has 0 saturated carbocycles. The highest BCUT2D eigenvalue weighted by molar-refractivity contribution is 6.06. The molecule has 0 unspecified atom stereocenters. The van der Waals surface area contributed by atoms with E-state index in [0.29, 0.717) is 44.0 Å². The van der Waals surface area contributed by atoms with E-state index in [4.69, 9.17) is 9.47 Å². The van der Waals surface area contributed by atoms with Crippen molar-refractivity contribution in [3.63, 3.8) is 0 Å². The molecule has 1 fully saturated rings. The van der Waals surface area contributed by atoms with Crippen LogP contribution in [0.1, 0.15) is 26.3 Å². The van der Waals surface area contributed by atoms with E-state index in [-0.39, 0.29) is 16.4 Å². The Morgan fingerprint density at radius 1 is 0.970 bits per heavy atom. The number of carbonyl (C=O) groups is 2. The van der Waals surface area contributed by atoms with Crippen molar-refractivity contribution in [3.05, 3.63) is 83.4 Å². The summed E-state index contributed by atoms with van der Waals surface area (Å²) in [6, 6.07) is 20.9. The second kappa shape index (κ2) is 8.69. The molecule has 7 nitrogen and oxygen atoms in total. The third kappa shape index (κ3) is 3.75. The monoisotopic (exact) mass is 444 g/mol. The first-order valence-electron chi connectivity index (χ1n) is 11.0. The lowest BCUT2D eigenvalue weighted by Gasteiger charge is -2.40. The molecule has 3 aromatic rings. The molecule has 2 aliphatic rings. The summed E-state index contributed by atoms with van der Waals surface area (Å²) in [6.07, 6.45) is 0. The maximum absolute atomic E-state index is 13.2. The van der Waals surface area contributed by atoms with Gasteiger partial charge in [0.05, 0.1) is 20.3 Å². The number of hydrogen-bond acceptors (Lipinski definition) is 4. The number of amides is 2. The van der Waals surface area contributed by atoms with Gasteiger partial charge in [0, 0.05) is 23.7 Å². The second-order valence-corrected chi connectivity index (χ2v) is 8.20. The maximum atomic E-state index is 13.2. The standard InChI is InChI=1S/C26H25N3O4/c1-32-23-10-6-5-9-20(23)19-11-12-22(24-21(19)17-27-26(24)31)29(13-15-33-16-14-29)28-25(30)18-7-3-2-4-8-18/h2-12H,13-17H2,1H3,(H-,27,28,30,31)/p+1. The number of carbonyl (C=O) groups excluding carboxylic acids is 2. The van der Waals surface area contributed by atoms with Crippen LogP contribution in [0.5, 0.6) is 5.75 Å². The molecule has 2 heterocycles. The normalized spacial score (nSPS) is 16.6. The van der Waals surface area contributed by atoms with Crippen LogP contribution in [0.3, 0.4) is 0 Å². The molecule has 0 radical (unpaired) electrons. The fourth-order valence-corrected chi connectivity index (χ4v) is 4.72. The van der Waals surface area contributed by atoms with Crippen molar-refractivity contribution in [2.75, 3.05) is 33.4 Å². The number of morpholine rings is 1. The van der Waals surface area contributed by atoms with Crippen molar-refractivity contribution in [1.82, 2.24) is 15.3 Å². The molecule has 1 saturated heterocycles.